The summed E-state index contributed by atoms with van der Waals surface area (Å²) in [5, 5.41) is 2.37. The van der Waals surface area contributed by atoms with Crippen LogP contribution in [0, 0.1) is 6.92 Å². The predicted molar refractivity (Wildman–Crippen MR) is 253 cm³/mol. The normalized spacial score (nSPS) is 13.4. The Labute approximate surface area is 355 Å². The standard InChI is InChI=1S/C55H56N4O/c1-36-17-16-22-48(52(36)37-18-12-11-13-19-37)58-35-57(46-20-14-15-21-47(46)58)41-29-40(55(8,9)10)30-43(33-41)60-42-24-26-45-44-25-23-38(53(2,3)4)31-49(44)59(50(45)34-42)51-32-39(27-28-56-51)54(5,6)7/h11-34H,35H2,1-10H3. The van der Waals surface area contributed by atoms with Gasteiger partial charge in [-0.25, -0.2) is 4.98 Å². The van der Waals surface area contributed by atoms with E-state index in [9.17, 15) is 0 Å². The molecule has 0 N–H and O–H groups in total. The molecule has 8 aromatic rings. The molecule has 0 radical (unpaired) electrons. The zero-order valence-electron chi connectivity index (χ0n) is 36.8. The number of aromatic nitrogens is 2. The fourth-order valence-corrected chi connectivity index (χ4v) is 8.65. The van der Waals surface area contributed by atoms with Gasteiger partial charge in [0.25, 0.3) is 0 Å². The number of hydrogen-bond donors (Lipinski definition) is 0. The highest BCUT2D eigenvalue weighted by Gasteiger charge is 2.31. The van der Waals surface area contributed by atoms with Gasteiger partial charge in [-0.2, -0.15) is 0 Å². The van der Waals surface area contributed by atoms with Crippen LogP contribution in [0.5, 0.6) is 11.5 Å². The zero-order valence-corrected chi connectivity index (χ0v) is 36.8. The first-order valence-corrected chi connectivity index (χ1v) is 21.2. The van der Waals surface area contributed by atoms with Gasteiger partial charge in [0.2, 0.25) is 0 Å². The number of benzene rings is 6. The van der Waals surface area contributed by atoms with Crippen molar-refractivity contribution in [1.82, 2.24) is 9.55 Å². The number of pyridine rings is 1. The van der Waals surface area contributed by atoms with Gasteiger partial charge in [-0.15, -0.1) is 0 Å². The molecule has 0 saturated carbocycles. The van der Waals surface area contributed by atoms with Crippen molar-refractivity contribution in [1.29, 1.82) is 0 Å². The molecule has 0 unspecified atom stereocenters. The minimum absolute atomic E-state index is 0.00266. The molecule has 0 saturated heterocycles. The summed E-state index contributed by atoms with van der Waals surface area (Å²) in [5.74, 6) is 2.49. The molecule has 302 valence electrons. The second-order valence-electron chi connectivity index (χ2n) is 19.5. The zero-order chi connectivity index (χ0) is 42.1. The van der Waals surface area contributed by atoms with Gasteiger partial charge in [0.15, 0.2) is 0 Å². The molecule has 3 heterocycles. The van der Waals surface area contributed by atoms with Crippen LogP contribution in [0.4, 0.5) is 22.7 Å². The van der Waals surface area contributed by atoms with Gasteiger partial charge in [-0.1, -0.05) is 129 Å². The molecule has 0 fully saturated rings. The van der Waals surface area contributed by atoms with E-state index in [0.717, 1.165) is 34.0 Å². The van der Waals surface area contributed by atoms with E-state index in [0.29, 0.717) is 6.67 Å². The van der Waals surface area contributed by atoms with Crippen molar-refractivity contribution < 1.29 is 4.74 Å². The fourth-order valence-electron chi connectivity index (χ4n) is 8.65. The third kappa shape index (κ3) is 7.10. The van der Waals surface area contributed by atoms with Gasteiger partial charge in [0.05, 0.1) is 28.1 Å². The predicted octanol–water partition coefficient (Wildman–Crippen LogP) is 15.1. The van der Waals surface area contributed by atoms with E-state index in [2.05, 4.69) is 223 Å². The van der Waals surface area contributed by atoms with Gasteiger partial charge in [-0.3, -0.25) is 4.57 Å². The summed E-state index contributed by atoms with van der Waals surface area (Å²) in [6.45, 7) is 23.3. The SMILES string of the molecule is Cc1cccc(N2CN(c3cc(Oc4ccc5c6ccc(C(C)(C)C)cc6n(-c6cc(C(C)(C)C)ccn6)c5c4)cc(C(C)(C)C)c3)c3ccccc32)c1-c1ccccc1. The summed E-state index contributed by atoms with van der Waals surface area (Å²) in [5.41, 5.74) is 14.2. The highest BCUT2D eigenvalue weighted by molar-refractivity contribution is 6.09. The Kier molecular flexibility index (Phi) is 9.42. The molecule has 0 bridgehead atoms. The van der Waals surface area contributed by atoms with Crippen molar-refractivity contribution >= 4 is 44.6 Å². The number of aryl methyl sites for hydroxylation is 1. The van der Waals surface area contributed by atoms with Crippen LogP contribution in [0.1, 0.15) is 84.6 Å². The first-order chi connectivity index (χ1) is 28.5. The first kappa shape index (κ1) is 39.1. The number of para-hydroxylation sites is 2. The van der Waals surface area contributed by atoms with Crippen LogP contribution in [-0.4, -0.2) is 16.2 Å². The van der Waals surface area contributed by atoms with Crippen molar-refractivity contribution in [2.24, 2.45) is 0 Å². The molecule has 5 heteroatoms. The van der Waals surface area contributed by atoms with E-state index < -0.39 is 0 Å². The molecule has 0 spiro atoms. The summed E-state index contributed by atoms with van der Waals surface area (Å²) >= 11 is 0. The lowest BCUT2D eigenvalue weighted by atomic mass is 9.86. The van der Waals surface area contributed by atoms with Gasteiger partial charge >= 0.3 is 0 Å². The number of nitrogens with zero attached hydrogens (tertiary/aromatic N) is 4. The molecule has 0 atom stereocenters. The summed E-state index contributed by atoms with van der Waals surface area (Å²) in [6.07, 6.45) is 1.94. The lowest BCUT2D eigenvalue weighted by Crippen LogP contribution is -2.25. The van der Waals surface area contributed by atoms with Crippen LogP contribution < -0.4 is 14.5 Å². The average Bonchev–Trinajstić information content (AvgIpc) is 3.76. The van der Waals surface area contributed by atoms with E-state index in [1.54, 1.807) is 0 Å². The van der Waals surface area contributed by atoms with Crippen molar-refractivity contribution in [3.8, 4) is 28.4 Å². The fraction of sp³-hybridized carbons (Fsp3) is 0.255. The molecular weight excluding hydrogens is 733 g/mol. The minimum Gasteiger partial charge on any atom is -0.457 e. The van der Waals surface area contributed by atoms with E-state index in [1.165, 1.54) is 61.2 Å². The molecule has 5 nitrogen and oxygen atoms in total. The smallest absolute Gasteiger partial charge is 0.137 e. The lowest BCUT2D eigenvalue weighted by Gasteiger charge is -2.27. The molecule has 2 aromatic heterocycles. The number of anilines is 4. The quantitative estimate of drug-likeness (QED) is 0.168. The molecule has 1 aliphatic heterocycles. The number of fused-ring (bicyclic) bond motifs is 4. The molecule has 6 aromatic carbocycles. The Balaban J connectivity index is 1.16. The third-order valence-corrected chi connectivity index (χ3v) is 12.1. The average molecular weight is 789 g/mol. The second kappa shape index (κ2) is 14.4. The molecule has 60 heavy (non-hydrogen) atoms. The van der Waals surface area contributed by atoms with Crippen LogP contribution in [0.15, 0.2) is 146 Å². The molecule has 0 amide bonds. The Morgan fingerprint density at radius 1 is 0.500 bits per heavy atom. The highest BCUT2D eigenvalue weighted by Crippen LogP contribution is 2.49. The molecule has 1 aliphatic rings. The maximum atomic E-state index is 6.98. The molecular formula is C55H56N4O. The van der Waals surface area contributed by atoms with Crippen molar-refractivity contribution in [3.05, 3.63) is 168 Å². The van der Waals surface area contributed by atoms with E-state index in [4.69, 9.17) is 9.72 Å². The molecule has 0 aliphatic carbocycles. The summed E-state index contributed by atoms with van der Waals surface area (Å²) in [7, 11) is 0. The van der Waals surface area contributed by atoms with Crippen LogP contribution in [0.25, 0.3) is 38.8 Å². The Hall–Kier alpha value is -6.33. The first-order valence-electron chi connectivity index (χ1n) is 21.2. The number of hydrogen-bond acceptors (Lipinski definition) is 4. The van der Waals surface area contributed by atoms with E-state index in [1.807, 2.05) is 6.20 Å². The summed E-state index contributed by atoms with van der Waals surface area (Å²) < 4.78 is 9.31. The van der Waals surface area contributed by atoms with Crippen LogP contribution in [0.3, 0.4) is 0 Å². The number of ether oxygens (including phenoxy) is 1. The number of rotatable bonds is 6. The van der Waals surface area contributed by atoms with Crippen LogP contribution >= 0.6 is 0 Å². The van der Waals surface area contributed by atoms with E-state index >= 15 is 0 Å². The van der Waals surface area contributed by atoms with Crippen molar-refractivity contribution in [3.63, 3.8) is 0 Å². The summed E-state index contributed by atoms with van der Waals surface area (Å²) in [4.78, 5) is 9.86. The van der Waals surface area contributed by atoms with Crippen molar-refractivity contribution in [2.45, 2.75) is 85.5 Å². The van der Waals surface area contributed by atoms with Gasteiger partial charge in [0, 0.05) is 40.4 Å². The maximum absolute atomic E-state index is 6.98. The second-order valence-corrected chi connectivity index (χ2v) is 19.5. The Bertz CT molecular complexity index is 2900. The monoisotopic (exact) mass is 788 g/mol. The maximum Gasteiger partial charge on any atom is 0.137 e. The van der Waals surface area contributed by atoms with Crippen LogP contribution in [-0.2, 0) is 16.2 Å². The van der Waals surface area contributed by atoms with E-state index in [-0.39, 0.29) is 16.2 Å². The largest absolute Gasteiger partial charge is 0.457 e. The Morgan fingerprint density at radius 2 is 1.12 bits per heavy atom. The van der Waals surface area contributed by atoms with Crippen molar-refractivity contribution in [2.75, 3.05) is 16.5 Å². The third-order valence-electron chi connectivity index (χ3n) is 12.1. The molecule has 9 rings (SSSR count). The van der Waals surface area contributed by atoms with Gasteiger partial charge in [0.1, 0.15) is 24.0 Å². The van der Waals surface area contributed by atoms with Crippen LogP contribution in [0.2, 0.25) is 0 Å². The van der Waals surface area contributed by atoms with Gasteiger partial charge < -0.3 is 14.5 Å². The highest BCUT2D eigenvalue weighted by atomic mass is 16.5. The summed E-state index contributed by atoms with van der Waals surface area (Å²) in [6, 6.07) is 50.7. The topological polar surface area (TPSA) is 33.5 Å². The minimum atomic E-state index is -0.116. The Morgan fingerprint density at radius 3 is 1.82 bits per heavy atom. The van der Waals surface area contributed by atoms with Gasteiger partial charge in [-0.05, 0) is 112 Å². The lowest BCUT2D eigenvalue weighted by molar-refractivity contribution is 0.479.